The molecule has 22 heavy (non-hydrogen) atoms. The monoisotopic (exact) mass is 331 g/mol. The second-order valence-electron chi connectivity index (χ2n) is 5.68. The van der Waals surface area contributed by atoms with Crippen LogP contribution in [0.5, 0.6) is 0 Å². The molecule has 0 radical (unpaired) electrons. The Labute approximate surface area is 137 Å². The quantitative estimate of drug-likeness (QED) is 0.738. The minimum Gasteiger partial charge on any atom is -0.338 e. The molecule has 2 rings (SSSR count). The van der Waals surface area contributed by atoms with Gasteiger partial charge in [-0.25, -0.2) is 4.79 Å². The van der Waals surface area contributed by atoms with Gasteiger partial charge in [-0.1, -0.05) is 18.0 Å². The fourth-order valence-corrected chi connectivity index (χ4v) is 2.70. The number of carbonyl (C=O) groups is 1. The van der Waals surface area contributed by atoms with Crippen molar-refractivity contribution in [3.8, 4) is 0 Å². The highest BCUT2D eigenvalue weighted by Gasteiger charge is 2.42. The third-order valence-electron chi connectivity index (χ3n) is 4.01. The van der Waals surface area contributed by atoms with Crippen molar-refractivity contribution in [2.45, 2.75) is 57.5 Å². The molecule has 0 bridgehead atoms. The predicted octanol–water partition coefficient (Wildman–Crippen LogP) is 1.73. The first-order valence-corrected chi connectivity index (χ1v) is 7.66. The summed E-state index contributed by atoms with van der Waals surface area (Å²) in [6.07, 6.45) is 4.49. The van der Waals surface area contributed by atoms with Crippen molar-refractivity contribution in [2.24, 2.45) is 0 Å². The van der Waals surface area contributed by atoms with E-state index < -0.39 is 5.54 Å². The van der Waals surface area contributed by atoms with Crippen LogP contribution in [0.1, 0.15) is 51.2 Å². The third-order valence-corrected chi connectivity index (χ3v) is 4.01. The highest BCUT2D eigenvalue weighted by atomic mass is 35.5. The lowest BCUT2D eigenvalue weighted by molar-refractivity contribution is 0.205. The number of urea groups is 1. The number of nitrogens with zero attached hydrogens (tertiary/aromatic N) is 2. The van der Waals surface area contributed by atoms with E-state index in [0.29, 0.717) is 24.7 Å². The van der Waals surface area contributed by atoms with Crippen LogP contribution in [0.4, 0.5) is 4.79 Å². The van der Waals surface area contributed by atoms with E-state index in [1.165, 1.54) is 0 Å². The van der Waals surface area contributed by atoms with Gasteiger partial charge >= 0.3 is 6.03 Å². The third kappa shape index (κ3) is 4.33. The lowest BCUT2D eigenvalue weighted by atomic mass is 9.97. The second-order valence-corrected chi connectivity index (χ2v) is 5.68. The van der Waals surface area contributed by atoms with Crippen LogP contribution in [0.25, 0.3) is 0 Å². The van der Waals surface area contributed by atoms with Gasteiger partial charge < -0.3 is 20.5 Å². The Balaban J connectivity index is 0.00000242. The van der Waals surface area contributed by atoms with Gasteiger partial charge in [0.1, 0.15) is 5.54 Å². The van der Waals surface area contributed by atoms with E-state index in [1.807, 2.05) is 14.0 Å². The van der Waals surface area contributed by atoms with Gasteiger partial charge in [0.25, 0.3) is 5.89 Å². The molecular formula is C14H26ClN5O2. The Morgan fingerprint density at radius 1 is 1.41 bits per heavy atom. The second kappa shape index (κ2) is 8.33. The zero-order valence-electron chi connectivity index (χ0n) is 13.4. The molecular weight excluding hydrogens is 306 g/mol. The molecule has 2 amide bonds. The van der Waals surface area contributed by atoms with Crippen molar-refractivity contribution in [1.29, 1.82) is 0 Å². The number of likely N-dealkylation sites (N-methyl/N-ethyl adjacent to an activating group) is 1. The first-order chi connectivity index (χ1) is 10.1. The van der Waals surface area contributed by atoms with Gasteiger partial charge in [0.15, 0.2) is 5.82 Å². The van der Waals surface area contributed by atoms with Crippen molar-refractivity contribution in [3.63, 3.8) is 0 Å². The van der Waals surface area contributed by atoms with Crippen molar-refractivity contribution in [1.82, 2.24) is 26.1 Å². The Hall–Kier alpha value is -1.34. The molecule has 1 saturated carbocycles. The van der Waals surface area contributed by atoms with Crippen LogP contribution in [-0.2, 0) is 12.0 Å². The van der Waals surface area contributed by atoms with E-state index in [-0.39, 0.29) is 24.5 Å². The van der Waals surface area contributed by atoms with Crippen LogP contribution in [-0.4, -0.2) is 35.8 Å². The van der Waals surface area contributed by atoms with Crippen LogP contribution in [0, 0.1) is 0 Å². The van der Waals surface area contributed by atoms with Crippen molar-refractivity contribution >= 4 is 18.4 Å². The molecule has 1 unspecified atom stereocenters. The summed E-state index contributed by atoms with van der Waals surface area (Å²) in [5, 5.41) is 13.0. The van der Waals surface area contributed by atoms with E-state index >= 15 is 0 Å². The maximum Gasteiger partial charge on any atom is 0.315 e. The number of hydrogen-bond acceptors (Lipinski definition) is 5. The summed E-state index contributed by atoms with van der Waals surface area (Å²) < 4.78 is 5.44. The molecule has 1 aromatic rings. The molecule has 1 atom stereocenters. The molecule has 0 saturated heterocycles. The number of hydrogen-bond donors (Lipinski definition) is 3. The van der Waals surface area contributed by atoms with Crippen LogP contribution in [0.15, 0.2) is 4.52 Å². The normalized spacial score (nSPS) is 17.6. The molecule has 1 fully saturated rings. The SMILES string of the molecule is CCNC(=O)NC1(c2nc(CC(C)NC)no2)CCCC1.Cl. The fourth-order valence-electron chi connectivity index (χ4n) is 2.70. The first-order valence-electron chi connectivity index (χ1n) is 7.66. The lowest BCUT2D eigenvalue weighted by Gasteiger charge is -2.26. The standard InChI is InChI=1S/C14H25N5O2.ClH/c1-4-16-13(20)18-14(7-5-6-8-14)12-17-11(19-21-12)9-10(2)15-3;/h10,15H,4-9H2,1-3H3,(H2,16,18,20);1H. The molecule has 126 valence electrons. The minimum atomic E-state index is -0.507. The molecule has 1 heterocycles. The average Bonchev–Trinajstić information content (AvgIpc) is 3.09. The average molecular weight is 332 g/mol. The van der Waals surface area contributed by atoms with Crippen molar-refractivity contribution in [2.75, 3.05) is 13.6 Å². The summed E-state index contributed by atoms with van der Waals surface area (Å²) in [6.45, 7) is 4.55. The number of amides is 2. The lowest BCUT2D eigenvalue weighted by Crippen LogP contribution is -2.48. The topological polar surface area (TPSA) is 92.1 Å². The summed E-state index contributed by atoms with van der Waals surface area (Å²) in [7, 11) is 1.90. The zero-order valence-corrected chi connectivity index (χ0v) is 14.3. The molecule has 0 aliphatic heterocycles. The zero-order chi connectivity index (χ0) is 15.3. The molecule has 1 aliphatic rings. The summed E-state index contributed by atoms with van der Waals surface area (Å²) in [5.74, 6) is 1.21. The van der Waals surface area contributed by atoms with E-state index in [2.05, 4.69) is 33.0 Å². The van der Waals surface area contributed by atoms with Gasteiger partial charge in [-0.15, -0.1) is 12.4 Å². The highest BCUT2D eigenvalue weighted by molar-refractivity contribution is 5.85. The Bertz CT molecular complexity index is 474. The number of nitrogens with one attached hydrogen (secondary N) is 3. The van der Waals surface area contributed by atoms with Crippen LogP contribution < -0.4 is 16.0 Å². The molecule has 8 heteroatoms. The van der Waals surface area contributed by atoms with E-state index in [1.54, 1.807) is 0 Å². The summed E-state index contributed by atoms with van der Waals surface area (Å²) in [4.78, 5) is 16.4. The molecule has 0 aromatic carbocycles. The fraction of sp³-hybridized carbons (Fsp3) is 0.786. The predicted molar refractivity (Wildman–Crippen MR) is 86.1 cm³/mol. The molecule has 1 aromatic heterocycles. The van der Waals surface area contributed by atoms with Crippen LogP contribution >= 0.6 is 12.4 Å². The van der Waals surface area contributed by atoms with Gasteiger partial charge in [-0.3, -0.25) is 0 Å². The first kappa shape index (κ1) is 18.7. The van der Waals surface area contributed by atoms with Crippen LogP contribution in [0.2, 0.25) is 0 Å². The maximum atomic E-state index is 11.9. The highest BCUT2D eigenvalue weighted by Crippen LogP contribution is 2.37. The van der Waals surface area contributed by atoms with Crippen molar-refractivity contribution in [3.05, 3.63) is 11.7 Å². The maximum absolute atomic E-state index is 11.9. The summed E-state index contributed by atoms with van der Waals surface area (Å²) in [5.41, 5.74) is -0.507. The number of carbonyl (C=O) groups excluding carboxylic acids is 1. The number of rotatable bonds is 6. The summed E-state index contributed by atoms with van der Waals surface area (Å²) in [6, 6.07) is 0.106. The number of halogens is 1. The van der Waals surface area contributed by atoms with Gasteiger partial charge in [0, 0.05) is 19.0 Å². The summed E-state index contributed by atoms with van der Waals surface area (Å²) >= 11 is 0. The van der Waals surface area contributed by atoms with E-state index in [4.69, 9.17) is 4.52 Å². The minimum absolute atomic E-state index is 0. The molecule has 3 N–H and O–H groups in total. The number of aromatic nitrogens is 2. The smallest absolute Gasteiger partial charge is 0.315 e. The Morgan fingerprint density at radius 2 is 2.09 bits per heavy atom. The van der Waals surface area contributed by atoms with Gasteiger partial charge in [0.2, 0.25) is 0 Å². The molecule has 1 aliphatic carbocycles. The van der Waals surface area contributed by atoms with Gasteiger partial charge in [0.05, 0.1) is 0 Å². The Morgan fingerprint density at radius 3 is 2.68 bits per heavy atom. The molecule has 7 nitrogen and oxygen atoms in total. The van der Waals surface area contributed by atoms with Crippen molar-refractivity contribution < 1.29 is 9.32 Å². The molecule has 0 spiro atoms. The van der Waals surface area contributed by atoms with Gasteiger partial charge in [-0.05, 0) is 33.7 Å². The van der Waals surface area contributed by atoms with Crippen LogP contribution in [0.3, 0.4) is 0 Å². The largest absolute Gasteiger partial charge is 0.338 e. The van der Waals surface area contributed by atoms with Gasteiger partial charge in [-0.2, -0.15) is 4.98 Å². The van der Waals surface area contributed by atoms with E-state index in [9.17, 15) is 4.79 Å². The van der Waals surface area contributed by atoms with E-state index in [0.717, 1.165) is 25.7 Å². The Kier molecular flexibility index (Phi) is 7.09.